The smallest absolute Gasteiger partial charge is 0.234 e. The van der Waals surface area contributed by atoms with Gasteiger partial charge in [0.25, 0.3) is 0 Å². The molecule has 2 atom stereocenters. The molecule has 0 radical (unpaired) electrons. The minimum Gasteiger partial charge on any atom is -0.296 e. The van der Waals surface area contributed by atoms with Crippen LogP contribution in [0.15, 0.2) is 30.3 Å². The number of benzene rings is 1. The summed E-state index contributed by atoms with van der Waals surface area (Å²) in [5.74, 6) is 0. The van der Waals surface area contributed by atoms with Gasteiger partial charge in [0.05, 0.1) is 0 Å². The zero-order valence-electron chi connectivity index (χ0n) is 7.56. The van der Waals surface area contributed by atoms with Crippen molar-refractivity contribution in [3.05, 3.63) is 30.3 Å². The molecule has 0 N–H and O–H groups in total. The minimum atomic E-state index is -2.87. The maximum absolute atomic E-state index is 11.8. The lowest BCUT2D eigenvalue weighted by atomic mass is 10.4. The molecule has 1 aromatic rings. The SMILES string of the molecule is C[PH](=O)OP(C)(=O)c1ccccc1. The topological polar surface area (TPSA) is 43.4 Å². The summed E-state index contributed by atoms with van der Waals surface area (Å²) in [6.45, 7) is 2.91. The van der Waals surface area contributed by atoms with Crippen molar-refractivity contribution in [3.63, 3.8) is 0 Å². The van der Waals surface area contributed by atoms with E-state index in [1.807, 2.05) is 6.07 Å². The first-order chi connectivity index (χ1) is 6.02. The maximum atomic E-state index is 11.8. The second kappa shape index (κ2) is 4.23. The predicted octanol–water partition coefficient (Wildman–Crippen LogP) is 2.34. The molecule has 72 valence electrons. The summed E-state index contributed by atoms with van der Waals surface area (Å²) >= 11 is 0. The highest BCUT2D eigenvalue weighted by atomic mass is 31.2. The van der Waals surface area contributed by atoms with E-state index in [0.29, 0.717) is 5.30 Å². The van der Waals surface area contributed by atoms with E-state index in [0.717, 1.165) is 0 Å². The van der Waals surface area contributed by atoms with Gasteiger partial charge in [-0.25, -0.2) is 0 Å². The van der Waals surface area contributed by atoms with Crippen LogP contribution in [0, 0.1) is 0 Å². The third-order valence-electron chi connectivity index (χ3n) is 1.53. The first kappa shape index (κ1) is 10.7. The Bertz CT molecular complexity index is 348. The number of hydrogen-bond donors (Lipinski definition) is 0. The Hall–Kier alpha value is -0.360. The van der Waals surface area contributed by atoms with E-state index >= 15 is 0 Å². The fourth-order valence-electron chi connectivity index (χ4n) is 0.997. The Morgan fingerprint density at radius 3 is 2.31 bits per heavy atom. The second-order valence-electron chi connectivity index (χ2n) is 2.76. The van der Waals surface area contributed by atoms with Gasteiger partial charge in [-0.3, -0.25) is 13.4 Å². The van der Waals surface area contributed by atoms with Crippen molar-refractivity contribution in [2.24, 2.45) is 0 Å². The fraction of sp³-hybridized carbons (Fsp3) is 0.250. The third-order valence-corrected chi connectivity index (χ3v) is 5.19. The second-order valence-corrected chi connectivity index (χ2v) is 6.69. The molecule has 13 heavy (non-hydrogen) atoms. The molecule has 2 unspecified atom stereocenters. The van der Waals surface area contributed by atoms with Gasteiger partial charge < -0.3 is 0 Å². The van der Waals surface area contributed by atoms with E-state index < -0.39 is 15.4 Å². The average Bonchev–Trinajstić information content (AvgIpc) is 2.04. The monoisotopic (exact) mass is 218 g/mol. The highest BCUT2D eigenvalue weighted by Crippen LogP contribution is 2.48. The summed E-state index contributed by atoms with van der Waals surface area (Å²) in [5, 5.41) is 0.607. The third kappa shape index (κ3) is 3.11. The molecule has 0 amide bonds. The van der Waals surface area contributed by atoms with E-state index in [1.165, 1.54) is 13.3 Å². The van der Waals surface area contributed by atoms with Crippen molar-refractivity contribution in [3.8, 4) is 0 Å². The molecule has 0 fully saturated rings. The van der Waals surface area contributed by atoms with Crippen molar-refractivity contribution in [2.45, 2.75) is 0 Å². The fourth-order valence-corrected chi connectivity index (χ4v) is 4.09. The molecule has 0 heterocycles. The highest BCUT2D eigenvalue weighted by Gasteiger charge is 2.19. The van der Waals surface area contributed by atoms with Gasteiger partial charge in [0.1, 0.15) is 0 Å². The molecule has 0 saturated carbocycles. The minimum absolute atomic E-state index is 0.607. The van der Waals surface area contributed by atoms with Crippen molar-refractivity contribution >= 4 is 20.7 Å². The summed E-state index contributed by atoms with van der Waals surface area (Å²) < 4.78 is 27.6. The van der Waals surface area contributed by atoms with Gasteiger partial charge in [0.2, 0.25) is 7.37 Å². The summed E-state index contributed by atoms with van der Waals surface area (Å²) in [6, 6.07) is 8.82. The molecule has 0 spiro atoms. The van der Waals surface area contributed by atoms with Crippen LogP contribution in [-0.4, -0.2) is 13.3 Å². The molecule has 5 heteroatoms. The molecule has 0 aliphatic carbocycles. The van der Waals surface area contributed by atoms with E-state index in [4.69, 9.17) is 4.31 Å². The Morgan fingerprint density at radius 1 is 1.31 bits per heavy atom. The quantitative estimate of drug-likeness (QED) is 0.731. The number of hydrogen-bond acceptors (Lipinski definition) is 3. The highest BCUT2D eigenvalue weighted by molar-refractivity contribution is 7.71. The van der Waals surface area contributed by atoms with Crippen LogP contribution < -0.4 is 5.30 Å². The van der Waals surface area contributed by atoms with Crippen molar-refractivity contribution in [1.29, 1.82) is 0 Å². The largest absolute Gasteiger partial charge is 0.296 e. The molecule has 0 bridgehead atoms. The van der Waals surface area contributed by atoms with Gasteiger partial charge in [0, 0.05) is 18.6 Å². The van der Waals surface area contributed by atoms with Crippen LogP contribution in [0.2, 0.25) is 0 Å². The Balaban J connectivity index is 2.95. The van der Waals surface area contributed by atoms with Crippen molar-refractivity contribution in [1.82, 2.24) is 0 Å². The van der Waals surface area contributed by atoms with Gasteiger partial charge >= 0.3 is 0 Å². The molecule has 0 aliphatic rings. The van der Waals surface area contributed by atoms with Crippen LogP contribution in [0.3, 0.4) is 0 Å². The van der Waals surface area contributed by atoms with Crippen LogP contribution >= 0.6 is 15.4 Å². The first-order valence-electron chi connectivity index (χ1n) is 3.85. The molecule has 1 rings (SSSR count). The summed E-state index contributed by atoms with van der Waals surface area (Å²) in [5.41, 5.74) is 0. The maximum Gasteiger partial charge on any atom is 0.234 e. The Kier molecular flexibility index (Phi) is 3.49. The Labute approximate surface area is 78.4 Å². The molecule has 0 saturated heterocycles. The summed E-state index contributed by atoms with van der Waals surface area (Å²) in [7, 11) is -5.02. The lowest BCUT2D eigenvalue weighted by Gasteiger charge is -2.11. The van der Waals surface area contributed by atoms with E-state index in [1.54, 1.807) is 24.3 Å². The van der Waals surface area contributed by atoms with Gasteiger partial charge in [0.15, 0.2) is 8.03 Å². The molecular weight excluding hydrogens is 206 g/mol. The van der Waals surface area contributed by atoms with Gasteiger partial charge in [-0.2, -0.15) is 0 Å². The van der Waals surface area contributed by atoms with E-state index in [9.17, 15) is 9.13 Å². The number of rotatable bonds is 3. The summed E-state index contributed by atoms with van der Waals surface area (Å²) in [6.07, 6.45) is 0. The van der Waals surface area contributed by atoms with Gasteiger partial charge in [-0.15, -0.1) is 0 Å². The van der Waals surface area contributed by atoms with E-state index in [2.05, 4.69) is 0 Å². The zero-order valence-corrected chi connectivity index (χ0v) is 9.45. The average molecular weight is 218 g/mol. The first-order valence-corrected chi connectivity index (χ1v) is 7.74. The van der Waals surface area contributed by atoms with Gasteiger partial charge in [-0.1, -0.05) is 18.2 Å². The molecule has 0 aromatic heterocycles. The normalized spacial score (nSPS) is 17.7. The molecular formula is C8H12O3P2. The van der Waals surface area contributed by atoms with Crippen LogP contribution in [0.5, 0.6) is 0 Å². The van der Waals surface area contributed by atoms with Crippen LogP contribution in [0.1, 0.15) is 0 Å². The van der Waals surface area contributed by atoms with Gasteiger partial charge in [-0.05, 0) is 12.1 Å². The lowest BCUT2D eigenvalue weighted by molar-refractivity contribution is 0.487. The molecule has 0 aliphatic heterocycles. The van der Waals surface area contributed by atoms with Crippen molar-refractivity contribution in [2.75, 3.05) is 13.3 Å². The van der Waals surface area contributed by atoms with Crippen LogP contribution in [0.25, 0.3) is 0 Å². The standard InChI is InChI=1S/C8H12O3P2/c1-12(9)11-13(2,10)8-6-4-3-5-7-8/h3-7,12H,1-2H3. The van der Waals surface area contributed by atoms with Crippen molar-refractivity contribution < 1.29 is 13.4 Å². The molecule has 3 nitrogen and oxygen atoms in total. The van der Waals surface area contributed by atoms with Crippen LogP contribution in [0.4, 0.5) is 0 Å². The molecule has 1 aromatic carbocycles. The Morgan fingerprint density at radius 2 is 1.85 bits per heavy atom. The zero-order chi connectivity index (χ0) is 9.90. The summed E-state index contributed by atoms with van der Waals surface area (Å²) in [4.78, 5) is 0. The van der Waals surface area contributed by atoms with E-state index in [-0.39, 0.29) is 0 Å². The predicted molar refractivity (Wildman–Crippen MR) is 55.6 cm³/mol. The lowest BCUT2D eigenvalue weighted by Crippen LogP contribution is -2.02. The van der Waals surface area contributed by atoms with Crippen LogP contribution in [-0.2, 0) is 13.4 Å².